The van der Waals surface area contributed by atoms with Crippen molar-refractivity contribution in [2.45, 2.75) is 18.9 Å². The number of carbonyl (C=O) groups is 1. The van der Waals surface area contributed by atoms with Crippen LogP contribution in [-0.2, 0) is 26.2 Å². The molecule has 0 radical (unpaired) electrons. The van der Waals surface area contributed by atoms with Crippen molar-refractivity contribution >= 4 is 16.2 Å². The largest absolute Gasteiger partial charge is 0.480 e. The third kappa shape index (κ3) is 5.00. The number of methoxy groups -OCH3 is 1. The van der Waals surface area contributed by atoms with E-state index in [1.54, 1.807) is 31.4 Å². The SMILES string of the molecule is COCC1CCN(S(=O)(=O)N[C@H](Cc2ccccc2)C(=O)O)C1. The molecule has 0 aromatic heterocycles. The van der Waals surface area contributed by atoms with Crippen molar-refractivity contribution < 1.29 is 23.1 Å². The second kappa shape index (κ2) is 7.87. The first-order valence-electron chi connectivity index (χ1n) is 7.45. The maximum atomic E-state index is 12.4. The van der Waals surface area contributed by atoms with Gasteiger partial charge in [0.05, 0.1) is 6.61 Å². The van der Waals surface area contributed by atoms with Gasteiger partial charge in [-0.05, 0) is 24.3 Å². The highest BCUT2D eigenvalue weighted by Crippen LogP contribution is 2.19. The van der Waals surface area contributed by atoms with Gasteiger partial charge >= 0.3 is 5.97 Å². The highest BCUT2D eigenvalue weighted by Gasteiger charge is 2.34. The Bertz CT molecular complexity index is 620. The summed E-state index contributed by atoms with van der Waals surface area (Å²) < 4.78 is 33.4. The Balaban J connectivity index is 2.03. The molecule has 2 N–H and O–H groups in total. The minimum atomic E-state index is -3.83. The van der Waals surface area contributed by atoms with Crippen LogP contribution in [0.5, 0.6) is 0 Å². The number of nitrogens with zero attached hydrogens (tertiary/aromatic N) is 1. The van der Waals surface area contributed by atoms with Gasteiger partial charge in [0.25, 0.3) is 10.2 Å². The lowest BCUT2D eigenvalue weighted by Crippen LogP contribution is -2.48. The van der Waals surface area contributed by atoms with E-state index in [9.17, 15) is 18.3 Å². The third-order valence-electron chi connectivity index (χ3n) is 3.86. The fraction of sp³-hybridized carbons (Fsp3) is 0.533. The molecule has 1 unspecified atom stereocenters. The maximum absolute atomic E-state index is 12.4. The summed E-state index contributed by atoms with van der Waals surface area (Å²) in [7, 11) is -2.25. The van der Waals surface area contributed by atoms with Crippen LogP contribution in [0.3, 0.4) is 0 Å². The summed E-state index contributed by atoms with van der Waals surface area (Å²) >= 11 is 0. The Morgan fingerprint density at radius 3 is 2.74 bits per heavy atom. The van der Waals surface area contributed by atoms with Crippen LogP contribution >= 0.6 is 0 Å². The van der Waals surface area contributed by atoms with Crippen molar-refractivity contribution in [3.8, 4) is 0 Å². The quantitative estimate of drug-likeness (QED) is 0.717. The molecular formula is C15H22N2O5S. The summed E-state index contributed by atoms with van der Waals surface area (Å²) in [4.78, 5) is 11.4. The maximum Gasteiger partial charge on any atom is 0.322 e. The second-order valence-electron chi connectivity index (χ2n) is 5.67. The molecule has 2 atom stereocenters. The minimum Gasteiger partial charge on any atom is -0.480 e. The molecule has 1 aromatic carbocycles. The normalized spacial score (nSPS) is 20.5. The molecule has 1 heterocycles. The van der Waals surface area contributed by atoms with Crippen LogP contribution in [0, 0.1) is 5.92 Å². The Labute approximate surface area is 136 Å². The standard InChI is InChI=1S/C15H22N2O5S/c1-22-11-13-7-8-17(10-13)23(20,21)16-14(15(18)19)9-12-5-3-2-4-6-12/h2-6,13-14,16H,7-11H2,1H3,(H,18,19)/t13?,14-/m1/s1. The van der Waals surface area contributed by atoms with Crippen LogP contribution in [0.1, 0.15) is 12.0 Å². The molecule has 1 saturated heterocycles. The number of nitrogens with one attached hydrogen (secondary N) is 1. The van der Waals surface area contributed by atoms with E-state index >= 15 is 0 Å². The Morgan fingerprint density at radius 1 is 1.43 bits per heavy atom. The molecule has 0 amide bonds. The van der Waals surface area contributed by atoms with E-state index in [2.05, 4.69) is 4.72 Å². The van der Waals surface area contributed by atoms with Crippen LogP contribution < -0.4 is 4.72 Å². The van der Waals surface area contributed by atoms with E-state index < -0.39 is 22.2 Å². The van der Waals surface area contributed by atoms with Gasteiger partial charge in [-0.25, -0.2) is 0 Å². The average Bonchev–Trinajstić information content (AvgIpc) is 2.97. The van der Waals surface area contributed by atoms with Crippen LogP contribution in [0.4, 0.5) is 0 Å². The zero-order valence-electron chi connectivity index (χ0n) is 13.0. The van der Waals surface area contributed by atoms with Gasteiger partial charge in [0.2, 0.25) is 0 Å². The highest BCUT2D eigenvalue weighted by molar-refractivity contribution is 7.87. The molecular weight excluding hydrogens is 320 g/mol. The van der Waals surface area contributed by atoms with Gasteiger partial charge in [-0.1, -0.05) is 30.3 Å². The van der Waals surface area contributed by atoms with Crippen molar-refractivity contribution in [1.82, 2.24) is 9.03 Å². The molecule has 1 aromatic rings. The predicted molar refractivity (Wildman–Crippen MR) is 85.2 cm³/mol. The molecule has 7 nitrogen and oxygen atoms in total. The van der Waals surface area contributed by atoms with Crippen LogP contribution in [0.2, 0.25) is 0 Å². The summed E-state index contributed by atoms with van der Waals surface area (Å²) in [6, 6.07) is 7.76. The highest BCUT2D eigenvalue weighted by atomic mass is 32.2. The smallest absolute Gasteiger partial charge is 0.322 e. The van der Waals surface area contributed by atoms with E-state index in [0.717, 1.165) is 5.56 Å². The summed E-state index contributed by atoms with van der Waals surface area (Å²) in [5.74, 6) is -1.04. The van der Waals surface area contributed by atoms with Crippen LogP contribution in [0.25, 0.3) is 0 Å². The van der Waals surface area contributed by atoms with Gasteiger partial charge in [-0.2, -0.15) is 17.4 Å². The fourth-order valence-electron chi connectivity index (χ4n) is 2.67. The molecule has 128 valence electrons. The van der Waals surface area contributed by atoms with Crippen molar-refractivity contribution in [2.24, 2.45) is 5.92 Å². The van der Waals surface area contributed by atoms with Gasteiger partial charge in [0.1, 0.15) is 6.04 Å². The molecule has 1 aliphatic heterocycles. The van der Waals surface area contributed by atoms with Crippen molar-refractivity contribution in [2.75, 3.05) is 26.8 Å². The van der Waals surface area contributed by atoms with E-state index in [-0.39, 0.29) is 12.3 Å². The number of benzene rings is 1. The van der Waals surface area contributed by atoms with Gasteiger partial charge in [-0.15, -0.1) is 0 Å². The predicted octanol–water partition coefficient (Wildman–Crippen LogP) is 0.485. The fourth-order valence-corrected chi connectivity index (χ4v) is 4.12. The number of carboxylic acid groups (broad SMARTS) is 1. The number of ether oxygens (including phenoxy) is 1. The van der Waals surface area contributed by atoms with Gasteiger partial charge in [0.15, 0.2) is 0 Å². The Morgan fingerprint density at radius 2 is 2.13 bits per heavy atom. The lowest BCUT2D eigenvalue weighted by atomic mass is 10.1. The number of hydrogen-bond acceptors (Lipinski definition) is 4. The van der Waals surface area contributed by atoms with Gasteiger partial charge in [0, 0.05) is 20.2 Å². The number of rotatable bonds is 8. The van der Waals surface area contributed by atoms with Crippen LogP contribution in [-0.4, -0.2) is 56.6 Å². The molecule has 0 saturated carbocycles. The van der Waals surface area contributed by atoms with Crippen molar-refractivity contribution in [1.29, 1.82) is 0 Å². The average molecular weight is 342 g/mol. The molecule has 0 spiro atoms. The topological polar surface area (TPSA) is 95.9 Å². The Hall–Kier alpha value is -1.48. The minimum absolute atomic E-state index is 0.102. The summed E-state index contributed by atoms with van der Waals surface area (Å²) in [5.41, 5.74) is 0.765. The molecule has 23 heavy (non-hydrogen) atoms. The van der Waals surface area contributed by atoms with E-state index in [1.165, 1.54) is 4.31 Å². The summed E-state index contributed by atoms with van der Waals surface area (Å²) in [6.45, 7) is 1.22. The molecule has 1 fully saturated rings. The monoisotopic (exact) mass is 342 g/mol. The number of aliphatic carboxylic acids is 1. The first-order chi connectivity index (χ1) is 10.9. The number of hydrogen-bond donors (Lipinski definition) is 2. The molecule has 1 aliphatic rings. The Kier molecular flexibility index (Phi) is 6.11. The zero-order valence-corrected chi connectivity index (χ0v) is 13.8. The molecule has 0 bridgehead atoms. The van der Waals surface area contributed by atoms with Gasteiger partial charge in [-0.3, -0.25) is 4.79 Å². The van der Waals surface area contributed by atoms with Crippen molar-refractivity contribution in [3.63, 3.8) is 0 Å². The van der Waals surface area contributed by atoms with Crippen LogP contribution in [0.15, 0.2) is 30.3 Å². The van der Waals surface area contributed by atoms with Crippen molar-refractivity contribution in [3.05, 3.63) is 35.9 Å². The van der Waals surface area contributed by atoms with E-state index in [0.29, 0.717) is 26.1 Å². The first-order valence-corrected chi connectivity index (χ1v) is 8.89. The van der Waals surface area contributed by atoms with E-state index in [4.69, 9.17) is 4.74 Å². The third-order valence-corrected chi connectivity index (χ3v) is 5.46. The van der Waals surface area contributed by atoms with E-state index in [1.807, 2.05) is 6.07 Å². The lowest BCUT2D eigenvalue weighted by Gasteiger charge is -2.21. The second-order valence-corrected chi connectivity index (χ2v) is 7.37. The lowest BCUT2D eigenvalue weighted by molar-refractivity contribution is -0.138. The zero-order chi connectivity index (χ0) is 16.9. The summed E-state index contributed by atoms with van der Waals surface area (Å²) in [6.07, 6.45) is 0.815. The summed E-state index contributed by atoms with van der Waals surface area (Å²) in [5, 5.41) is 9.31. The molecule has 2 rings (SSSR count). The van der Waals surface area contributed by atoms with Gasteiger partial charge < -0.3 is 9.84 Å². The molecule has 8 heteroatoms. The first kappa shape index (κ1) is 17.9. The molecule has 0 aliphatic carbocycles. The number of carboxylic acids is 1.